The zero-order valence-electron chi connectivity index (χ0n) is 15.8. The van der Waals surface area contributed by atoms with Crippen LogP contribution in [-0.2, 0) is 14.8 Å². The van der Waals surface area contributed by atoms with Crippen molar-refractivity contribution in [3.05, 3.63) is 58.6 Å². The van der Waals surface area contributed by atoms with Crippen LogP contribution >= 0.6 is 15.9 Å². The van der Waals surface area contributed by atoms with Gasteiger partial charge in [-0.2, -0.15) is 0 Å². The number of rotatable bonds is 7. The minimum Gasteiger partial charge on any atom is -0.332 e. The number of sulfonamides is 1. The Labute approximate surface area is 173 Å². The van der Waals surface area contributed by atoms with Crippen molar-refractivity contribution in [1.82, 2.24) is 9.62 Å². The van der Waals surface area contributed by atoms with Crippen LogP contribution in [0.2, 0.25) is 0 Å². The molecule has 0 heterocycles. The molecule has 0 unspecified atom stereocenters. The van der Waals surface area contributed by atoms with Crippen molar-refractivity contribution in [1.29, 1.82) is 0 Å². The van der Waals surface area contributed by atoms with Gasteiger partial charge in [-0.05, 0) is 66.2 Å². The standard InChI is InChI=1S/C19H22BrN3O4S/c1-13(2)22-28(26,27)15-10-8-14(9-11-15)19(25)23(3)12-18(24)21-17-7-5-4-6-16(17)20/h4-11,13,22H,12H2,1-3H3,(H,21,24). The molecule has 7 nitrogen and oxygen atoms in total. The number of nitrogens with zero attached hydrogens (tertiary/aromatic N) is 1. The molecule has 0 aliphatic rings. The fourth-order valence-corrected chi connectivity index (χ4v) is 4.05. The lowest BCUT2D eigenvalue weighted by Crippen LogP contribution is -2.35. The number of likely N-dealkylation sites (N-methyl/N-ethyl adjacent to an activating group) is 1. The van der Waals surface area contributed by atoms with E-state index in [0.717, 1.165) is 4.47 Å². The Hall–Kier alpha value is -2.23. The van der Waals surface area contributed by atoms with Crippen LogP contribution in [0.25, 0.3) is 0 Å². The van der Waals surface area contributed by atoms with Gasteiger partial charge in [-0.15, -0.1) is 0 Å². The van der Waals surface area contributed by atoms with E-state index < -0.39 is 10.0 Å². The van der Waals surface area contributed by atoms with Gasteiger partial charge >= 0.3 is 0 Å². The summed E-state index contributed by atoms with van der Waals surface area (Å²) in [5.41, 5.74) is 0.903. The first-order valence-corrected chi connectivity index (χ1v) is 10.8. The van der Waals surface area contributed by atoms with Gasteiger partial charge < -0.3 is 10.2 Å². The highest BCUT2D eigenvalue weighted by atomic mass is 79.9. The SMILES string of the molecule is CC(C)NS(=O)(=O)c1ccc(C(=O)N(C)CC(=O)Nc2ccccc2Br)cc1. The van der Waals surface area contributed by atoms with Gasteiger partial charge in [-0.1, -0.05) is 12.1 Å². The average Bonchev–Trinajstić information content (AvgIpc) is 2.62. The van der Waals surface area contributed by atoms with Crippen LogP contribution in [0.4, 0.5) is 5.69 Å². The Kier molecular flexibility index (Phi) is 7.34. The summed E-state index contributed by atoms with van der Waals surface area (Å²) in [7, 11) is -2.12. The van der Waals surface area contributed by atoms with Crippen LogP contribution in [0.5, 0.6) is 0 Å². The maximum Gasteiger partial charge on any atom is 0.254 e. The number of halogens is 1. The lowest BCUT2D eigenvalue weighted by Gasteiger charge is -2.17. The molecular formula is C19H22BrN3O4S. The maximum atomic E-state index is 12.5. The van der Waals surface area contributed by atoms with E-state index in [2.05, 4.69) is 26.0 Å². The molecule has 9 heteroatoms. The average molecular weight is 468 g/mol. The molecular weight excluding hydrogens is 446 g/mol. The minimum absolute atomic E-state index is 0.0760. The lowest BCUT2D eigenvalue weighted by molar-refractivity contribution is -0.116. The molecule has 0 aliphatic heterocycles. The number of hydrogen-bond donors (Lipinski definition) is 2. The molecule has 2 rings (SSSR count). The fraction of sp³-hybridized carbons (Fsp3) is 0.263. The quantitative estimate of drug-likeness (QED) is 0.654. The van der Waals surface area contributed by atoms with Crippen molar-refractivity contribution in [3.63, 3.8) is 0 Å². The van der Waals surface area contributed by atoms with Crippen molar-refractivity contribution in [3.8, 4) is 0 Å². The largest absolute Gasteiger partial charge is 0.332 e. The molecule has 2 amide bonds. The van der Waals surface area contributed by atoms with E-state index >= 15 is 0 Å². The molecule has 2 N–H and O–H groups in total. The van der Waals surface area contributed by atoms with Crippen LogP contribution in [0.1, 0.15) is 24.2 Å². The smallest absolute Gasteiger partial charge is 0.254 e. The van der Waals surface area contributed by atoms with Gasteiger partial charge in [0.05, 0.1) is 17.1 Å². The molecule has 0 spiro atoms. The summed E-state index contributed by atoms with van der Waals surface area (Å²) in [6, 6.07) is 12.5. The van der Waals surface area contributed by atoms with Crippen LogP contribution in [0.15, 0.2) is 57.9 Å². The third-order valence-corrected chi connectivity index (χ3v) is 6.04. The van der Waals surface area contributed by atoms with Crippen molar-refractivity contribution in [2.45, 2.75) is 24.8 Å². The van der Waals surface area contributed by atoms with Gasteiger partial charge in [0.2, 0.25) is 15.9 Å². The fourth-order valence-electron chi connectivity index (χ4n) is 2.41. The highest BCUT2D eigenvalue weighted by Crippen LogP contribution is 2.21. The number of carbonyl (C=O) groups excluding carboxylic acids is 2. The molecule has 2 aromatic rings. The van der Waals surface area contributed by atoms with Crippen LogP contribution in [0.3, 0.4) is 0 Å². The summed E-state index contributed by atoms with van der Waals surface area (Å²) in [4.78, 5) is 26.0. The van der Waals surface area contributed by atoms with Crippen LogP contribution < -0.4 is 10.0 Å². The second kappa shape index (κ2) is 9.31. The molecule has 0 saturated heterocycles. The highest BCUT2D eigenvalue weighted by molar-refractivity contribution is 9.10. The Bertz CT molecular complexity index is 959. The second-order valence-electron chi connectivity index (χ2n) is 6.49. The van der Waals surface area contributed by atoms with Gasteiger partial charge in [0.1, 0.15) is 0 Å². The summed E-state index contributed by atoms with van der Waals surface area (Å²) in [5.74, 6) is -0.730. The van der Waals surface area contributed by atoms with Crippen molar-refractivity contribution in [2.24, 2.45) is 0 Å². The summed E-state index contributed by atoms with van der Waals surface area (Å²) in [6.45, 7) is 3.31. The van der Waals surface area contributed by atoms with Crippen molar-refractivity contribution >= 4 is 43.5 Å². The third kappa shape index (κ3) is 5.88. The van der Waals surface area contributed by atoms with E-state index in [1.54, 1.807) is 32.0 Å². The number of carbonyl (C=O) groups is 2. The molecule has 0 radical (unpaired) electrons. The second-order valence-corrected chi connectivity index (χ2v) is 9.06. The zero-order valence-corrected chi connectivity index (χ0v) is 18.2. The zero-order chi connectivity index (χ0) is 20.9. The molecule has 0 aromatic heterocycles. The third-order valence-electron chi connectivity index (χ3n) is 3.68. The molecule has 0 saturated carbocycles. The number of amides is 2. The first kappa shape index (κ1) is 22.1. The van der Waals surface area contributed by atoms with Gasteiger partial charge in [-0.3, -0.25) is 9.59 Å². The lowest BCUT2D eigenvalue weighted by atomic mass is 10.2. The molecule has 28 heavy (non-hydrogen) atoms. The normalized spacial score (nSPS) is 11.3. The Morgan fingerprint density at radius 3 is 2.25 bits per heavy atom. The molecule has 150 valence electrons. The molecule has 0 atom stereocenters. The van der Waals surface area contributed by atoms with Gasteiger partial charge in [0, 0.05) is 23.1 Å². The minimum atomic E-state index is -3.62. The number of benzene rings is 2. The molecule has 0 fully saturated rings. The van der Waals surface area contributed by atoms with Crippen LogP contribution in [-0.4, -0.2) is 44.8 Å². The predicted molar refractivity (Wildman–Crippen MR) is 112 cm³/mol. The summed E-state index contributed by atoms with van der Waals surface area (Å²) in [5, 5.41) is 2.73. The Morgan fingerprint density at radius 1 is 1.07 bits per heavy atom. The van der Waals surface area contributed by atoms with E-state index in [9.17, 15) is 18.0 Å². The highest BCUT2D eigenvalue weighted by Gasteiger charge is 2.18. The summed E-state index contributed by atoms with van der Waals surface area (Å²) >= 11 is 3.34. The molecule has 2 aromatic carbocycles. The molecule has 0 aliphatic carbocycles. The number of anilines is 1. The van der Waals surface area contributed by atoms with Crippen molar-refractivity contribution in [2.75, 3.05) is 18.9 Å². The topological polar surface area (TPSA) is 95.6 Å². The number of hydrogen-bond acceptors (Lipinski definition) is 4. The van der Waals surface area contributed by atoms with Gasteiger partial charge in [0.25, 0.3) is 5.91 Å². The number of para-hydroxylation sites is 1. The van der Waals surface area contributed by atoms with Gasteiger partial charge in [-0.25, -0.2) is 13.1 Å². The van der Waals surface area contributed by atoms with E-state index in [0.29, 0.717) is 11.3 Å². The van der Waals surface area contributed by atoms with Crippen LogP contribution in [0, 0.1) is 0 Å². The Balaban J connectivity index is 2.03. The summed E-state index contributed by atoms with van der Waals surface area (Å²) in [6.07, 6.45) is 0. The molecule has 0 bridgehead atoms. The van der Waals surface area contributed by atoms with E-state index in [1.807, 2.05) is 6.07 Å². The predicted octanol–water partition coefficient (Wildman–Crippen LogP) is 2.85. The first-order valence-electron chi connectivity index (χ1n) is 8.52. The van der Waals surface area contributed by atoms with E-state index in [1.165, 1.54) is 36.2 Å². The summed E-state index contributed by atoms with van der Waals surface area (Å²) < 4.78 is 27.5. The maximum absolute atomic E-state index is 12.5. The monoisotopic (exact) mass is 467 g/mol. The van der Waals surface area contributed by atoms with E-state index in [-0.39, 0.29) is 29.3 Å². The van der Waals surface area contributed by atoms with Gasteiger partial charge in [0.15, 0.2) is 0 Å². The van der Waals surface area contributed by atoms with Crippen molar-refractivity contribution < 1.29 is 18.0 Å². The Morgan fingerprint density at radius 2 is 1.68 bits per heavy atom. The first-order chi connectivity index (χ1) is 13.1. The van der Waals surface area contributed by atoms with E-state index in [4.69, 9.17) is 0 Å². The number of nitrogens with one attached hydrogen (secondary N) is 2.